The Morgan fingerprint density at radius 3 is 2.88 bits per heavy atom. The normalized spacial score (nSPS) is 12.1. The van der Waals surface area contributed by atoms with E-state index in [2.05, 4.69) is 10.3 Å². The summed E-state index contributed by atoms with van der Waals surface area (Å²) >= 11 is 1.24. The second-order valence-corrected chi connectivity index (χ2v) is 6.45. The minimum absolute atomic E-state index is 0.0141. The van der Waals surface area contributed by atoms with E-state index in [-0.39, 0.29) is 18.8 Å². The molecular weight excluding hydrogens is 361 g/mol. The quantitative estimate of drug-likeness (QED) is 0.680. The van der Waals surface area contributed by atoms with Crippen LogP contribution in [0, 0.1) is 5.82 Å². The highest BCUT2D eigenvalue weighted by Crippen LogP contribution is 2.17. The summed E-state index contributed by atoms with van der Waals surface area (Å²) in [6.07, 6.45) is -0.929. The predicted molar refractivity (Wildman–Crippen MR) is 96.2 cm³/mol. The summed E-state index contributed by atoms with van der Waals surface area (Å²) in [5.74, 6) is -1.06. The lowest BCUT2D eigenvalue weighted by Crippen LogP contribution is -2.42. The van der Waals surface area contributed by atoms with Gasteiger partial charge in [-0.2, -0.15) is 0 Å². The predicted octanol–water partition coefficient (Wildman–Crippen LogP) is 1.47. The van der Waals surface area contributed by atoms with Crippen LogP contribution in [0.1, 0.15) is 6.92 Å². The molecular formula is C17H16FN3O4S. The van der Waals surface area contributed by atoms with Crippen molar-refractivity contribution in [2.24, 2.45) is 0 Å². The maximum Gasteiger partial charge on any atom is 0.328 e. The van der Waals surface area contributed by atoms with Crippen LogP contribution in [0.4, 0.5) is 4.39 Å². The van der Waals surface area contributed by atoms with Crippen molar-refractivity contribution in [3.63, 3.8) is 0 Å². The number of nitrogens with one attached hydrogen (secondary N) is 2. The van der Waals surface area contributed by atoms with Crippen LogP contribution < -0.4 is 21.3 Å². The lowest BCUT2D eigenvalue weighted by atomic mass is 10.3. The number of amides is 1. The molecule has 0 radical (unpaired) electrons. The van der Waals surface area contributed by atoms with E-state index in [1.807, 2.05) is 0 Å². The summed E-state index contributed by atoms with van der Waals surface area (Å²) in [7, 11) is 0. The van der Waals surface area contributed by atoms with E-state index < -0.39 is 29.1 Å². The van der Waals surface area contributed by atoms with Crippen LogP contribution in [0.5, 0.6) is 5.75 Å². The molecule has 3 rings (SSSR count). The first kappa shape index (κ1) is 17.9. The molecule has 9 heteroatoms. The number of hydrogen-bond acceptors (Lipinski definition) is 5. The molecule has 2 aromatic heterocycles. The Labute approximate surface area is 151 Å². The van der Waals surface area contributed by atoms with Gasteiger partial charge in [-0.25, -0.2) is 9.18 Å². The topological polar surface area (TPSA) is 93.2 Å². The summed E-state index contributed by atoms with van der Waals surface area (Å²) in [5.41, 5.74) is -0.438. The van der Waals surface area contributed by atoms with E-state index in [0.29, 0.717) is 10.2 Å². The summed E-state index contributed by atoms with van der Waals surface area (Å²) in [4.78, 5) is 38.9. The van der Waals surface area contributed by atoms with Gasteiger partial charge in [-0.1, -0.05) is 12.1 Å². The smallest absolute Gasteiger partial charge is 0.328 e. The fourth-order valence-electron chi connectivity index (χ4n) is 2.39. The zero-order chi connectivity index (χ0) is 18.7. The number of hydrogen-bond donors (Lipinski definition) is 2. The second-order valence-electron chi connectivity index (χ2n) is 5.53. The number of carbonyl (C=O) groups is 1. The molecule has 0 spiro atoms. The van der Waals surface area contributed by atoms with Crippen LogP contribution in [-0.2, 0) is 11.3 Å². The number of fused-ring (bicyclic) bond motifs is 1. The Kier molecular flexibility index (Phi) is 5.17. The number of benzene rings is 1. The van der Waals surface area contributed by atoms with E-state index in [1.54, 1.807) is 17.5 Å². The number of rotatable bonds is 6. The number of para-hydroxylation sites is 1. The van der Waals surface area contributed by atoms with Gasteiger partial charge in [0.2, 0.25) is 0 Å². The highest BCUT2D eigenvalue weighted by atomic mass is 32.1. The molecule has 0 bridgehead atoms. The summed E-state index contributed by atoms with van der Waals surface area (Å²) < 4.78 is 20.3. The van der Waals surface area contributed by atoms with Gasteiger partial charge in [0.15, 0.2) is 17.7 Å². The van der Waals surface area contributed by atoms with Gasteiger partial charge in [-0.05, 0) is 30.5 Å². The van der Waals surface area contributed by atoms with Crippen LogP contribution >= 0.6 is 11.3 Å². The van der Waals surface area contributed by atoms with Crippen LogP contribution in [0.3, 0.4) is 0 Å². The molecule has 7 nitrogen and oxygen atoms in total. The highest BCUT2D eigenvalue weighted by Gasteiger charge is 2.16. The Morgan fingerprint density at radius 2 is 2.12 bits per heavy atom. The van der Waals surface area contributed by atoms with E-state index in [0.717, 1.165) is 4.57 Å². The van der Waals surface area contributed by atoms with Gasteiger partial charge in [-0.3, -0.25) is 14.2 Å². The molecule has 0 saturated heterocycles. The van der Waals surface area contributed by atoms with Crippen molar-refractivity contribution in [3.05, 3.63) is 62.4 Å². The molecule has 3 aromatic rings. The van der Waals surface area contributed by atoms with Gasteiger partial charge in [0.1, 0.15) is 4.70 Å². The summed E-state index contributed by atoms with van der Waals surface area (Å²) in [5, 5.41) is 4.29. The van der Waals surface area contributed by atoms with E-state index in [9.17, 15) is 18.8 Å². The van der Waals surface area contributed by atoms with Crippen molar-refractivity contribution >= 4 is 27.5 Å². The number of H-pyrrole nitrogens is 1. The number of aromatic nitrogens is 2. The van der Waals surface area contributed by atoms with E-state index in [4.69, 9.17) is 4.74 Å². The molecule has 0 aliphatic heterocycles. The van der Waals surface area contributed by atoms with Gasteiger partial charge in [-0.15, -0.1) is 11.3 Å². The third kappa shape index (κ3) is 3.67. The van der Waals surface area contributed by atoms with Crippen molar-refractivity contribution in [1.82, 2.24) is 14.9 Å². The van der Waals surface area contributed by atoms with Crippen molar-refractivity contribution < 1.29 is 13.9 Å². The molecule has 1 atom stereocenters. The number of nitrogens with zero attached hydrogens (tertiary/aromatic N) is 1. The molecule has 0 saturated carbocycles. The Morgan fingerprint density at radius 1 is 1.35 bits per heavy atom. The SMILES string of the molecule is CC(Oc1ccccc1F)C(=O)NCCn1c(=O)[nH]c2ccsc2c1=O. The Hall–Kier alpha value is -2.94. The Balaban J connectivity index is 1.61. The molecule has 0 aliphatic carbocycles. The molecule has 2 heterocycles. The van der Waals surface area contributed by atoms with Gasteiger partial charge in [0.25, 0.3) is 11.5 Å². The van der Waals surface area contributed by atoms with Crippen molar-refractivity contribution in [2.45, 2.75) is 19.6 Å². The fraction of sp³-hybridized carbons (Fsp3) is 0.235. The number of aromatic amines is 1. The number of ether oxygens (including phenoxy) is 1. The average molecular weight is 377 g/mol. The first-order valence-corrected chi connectivity index (χ1v) is 8.74. The lowest BCUT2D eigenvalue weighted by Gasteiger charge is -2.15. The molecule has 0 fully saturated rings. The zero-order valence-electron chi connectivity index (χ0n) is 13.8. The van der Waals surface area contributed by atoms with E-state index in [1.165, 1.54) is 36.5 Å². The number of carbonyl (C=O) groups excluding carboxylic acids is 1. The molecule has 136 valence electrons. The average Bonchev–Trinajstić information content (AvgIpc) is 3.08. The standard InChI is InChI=1S/C17H16FN3O4S/c1-10(25-13-5-3-2-4-11(13)18)15(22)19-7-8-21-16(23)14-12(6-9-26-14)20-17(21)24/h2-6,9-10H,7-8H2,1H3,(H,19,22)(H,20,24). The van der Waals surface area contributed by atoms with Crippen LogP contribution in [0.15, 0.2) is 45.3 Å². The van der Waals surface area contributed by atoms with Gasteiger partial charge < -0.3 is 15.0 Å². The van der Waals surface area contributed by atoms with Gasteiger partial charge in [0, 0.05) is 13.1 Å². The minimum atomic E-state index is -0.929. The first-order valence-electron chi connectivity index (χ1n) is 7.86. The number of halogens is 1. The summed E-state index contributed by atoms with van der Waals surface area (Å²) in [6.45, 7) is 1.56. The van der Waals surface area contributed by atoms with Crippen LogP contribution in [0.2, 0.25) is 0 Å². The van der Waals surface area contributed by atoms with E-state index >= 15 is 0 Å². The molecule has 2 N–H and O–H groups in total. The molecule has 1 unspecified atom stereocenters. The maximum atomic E-state index is 13.5. The number of thiophene rings is 1. The van der Waals surface area contributed by atoms with Crippen LogP contribution in [-0.4, -0.2) is 28.1 Å². The van der Waals surface area contributed by atoms with Gasteiger partial charge >= 0.3 is 5.69 Å². The fourth-order valence-corrected chi connectivity index (χ4v) is 3.19. The third-order valence-corrected chi connectivity index (χ3v) is 4.64. The van der Waals surface area contributed by atoms with Gasteiger partial charge in [0.05, 0.1) is 5.52 Å². The second kappa shape index (κ2) is 7.52. The summed E-state index contributed by atoms with van der Waals surface area (Å²) in [6, 6.07) is 7.44. The zero-order valence-corrected chi connectivity index (χ0v) is 14.6. The minimum Gasteiger partial charge on any atom is -0.478 e. The maximum absolute atomic E-state index is 13.5. The Bertz CT molecular complexity index is 1060. The molecule has 1 amide bonds. The van der Waals surface area contributed by atoms with Crippen molar-refractivity contribution in [2.75, 3.05) is 6.54 Å². The molecule has 1 aromatic carbocycles. The lowest BCUT2D eigenvalue weighted by molar-refractivity contribution is -0.127. The monoisotopic (exact) mass is 377 g/mol. The highest BCUT2D eigenvalue weighted by molar-refractivity contribution is 7.17. The third-order valence-electron chi connectivity index (χ3n) is 3.74. The largest absolute Gasteiger partial charge is 0.478 e. The van der Waals surface area contributed by atoms with Crippen LogP contribution in [0.25, 0.3) is 10.2 Å². The van der Waals surface area contributed by atoms with Crippen molar-refractivity contribution in [3.8, 4) is 5.75 Å². The molecule has 0 aliphatic rings. The molecule has 26 heavy (non-hydrogen) atoms. The first-order chi connectivity index (χ1) is 12.5. The van der Waals surface area contributed by atoms with Crippen molar-refractivity contribution in [1.29, 1.82) is 0 Å².